The Kier molecular flexibility index (Phi) is 4.37. The van der Waals surface area contributed by atoms with Gasteiger partial charge < -0.3 is 20.1 Å². The molecule has 2 rings (SSSR count). The monoisotopic (exact) mass is 300 g/mol. The quantitative estimate of drug-likeness (QED) is 0.460. The third-order valence-electron chi connectivity index (χ3n) is 3.35. The SMILES string of the molecule is CCC(=O)c1cc(=O)[nH]c(=O)n1[C@@H]1O[C@H](CO)[C@@H](O)[C@H]1O. The number of aliphatic hydroxyl groups excluding tert-OH is 3. The van der Waals surface area contributed by atoms with Gasteiger partial charge in [0.25, 0.3) is 5.56 Å². The van der Waals surface area contributed by atoms with Crippen molar-refractivity contribution in [2.24, 2.45) is 0 Å². The predicted octanol–water partition coefficient (Wildman–Crippen LogP) is -2.26. The zero-order valence-corrected chi connectivity index (χ0v) is 11.2. The molecule has 2 heterocycles. The van der Waals surface area contributed by atoms with Gasteiger partial charge in [-0.1, -0.05) is 6.92 Å². The summed E-state index contributed by atoms with van der Waals surface area (Å²) in [4.78, 5) is 37.1. The highest BCUT2D eigenvalue weighted by atomic mass is 16.6. The summed E-state index contributed by atoms with van der Waals surface area (Å²) in [7, 11) is 0. The van der Waals surface area contributed by atoms with E-state index in [9.17, 15) is 24.6 Å². The lowest BCUT2D eigenvalue weighted by molar-refractivity contribution is -0.0557. The summed E-state index contributed by atoms with van der Waals surface area (Å²) in [6.45, 7) is 0.986. The normalized spacial score (nSPS) is 28.8. The molecule has 0 radical (unpaired) electrons. The van der Waals surface area contributed by atoms with E-state index in [1.165, 1.54) is 0 Å². The van der Waals surface area contributed by atoms with Crippen LogP contribution in [-0.4, -0.2) is 55.6 Å². The fourth-order valence-electron chi connectivity index (χ4n) is 2.25. The number of aliphatic hydroxyl groups is 3. The number of rotatable bonds is 4. The lowest BCUT2D eigenvalue weighted by atomic mass is 10.1. The summed E-state index contributed by atoms with van der Waals surface area (Å²) < 4.78 is 6.00. The van der Waals surface area contributed by atoms with Gasteiger partial charge >= 0.3 is 5.69 Å². The first kappa shape index (κ1) is 15.6. The molecular formula is C12H16N2O7. The van der Waals surface area contributed by atoms with Crippen molar-refractivity contribution in [1.29, 1.82) is 0 Å². The molecule has 1 aliphatic heterocycles. The third-order valence-corrected chi connectivity index (χ3v) is 3.35. The van der Waals surface area contributed by atoms with E-state index in [1.54, 1.807) is 6.92 Å². The van der Waals surface area contributed by atoms with E-state index in [2.05, 4.69) is 0 Å². The van der Waals surface area contributed by atoms with Crippen LogP contribution in [0.2, 0.25) is 0 Å². The van der Waals surface area contributed by atoms with Crippen molar-refractivity contribution in [2.45, 2.75) is 37.9 Å². The lowest BCUT2D eigenvalue weighted by Gasteiger charge is -2.20. The average molecular weight is 300 g/mol. The molecule has 1 aromatic heterocycles. The van der Waals surface area contributed by atoms with Gasteiger partial charge in [0, 0.05) is 12.5 Å². The van der Waals surface area contributed by atoms with Crippen LogP contribution in [0.4, 0.5) is 0 Å². The number of carbonyl (C=O) groups is 1. The standard InChI is InChI=1S/C12H16N2O7/c1-2-6(16)5-3-8(17)13-12(20)14(5)11-10(19)9(18)7(4-15)21-11/h3,7,9-11,15,18-19H,2,4H2,1H3,(H,13,17,20)/t7-,9-,10-,11-/m1/s1. The summed E-state index contributed by atoms with van der Waals surface area (Å²) in [6.07, 6.45) is -5.35. The molecule has 0 amide bonds. The van der Waals surface area contributed by atoms with Crippen LogP contribution in [-0.2, 0) is 4.74 Å². The molecule has 0 aliphatic carbocycles. The number of carbonyl (C=O) groups excluding carboxylic acids is 1. The molecule has 0 aromatic carbocycles. The Morgan fingerprint density at radius 1 is 1.38 bits per heavy atom. The second-order valence-electron chi connectivity index (χ2n) is 4.70. The Bertz CT molecular complexity index is 650. The molecule has 21 heavy (non-hydrogen) atoms. The highest BCUT2D eigenvalue weighted by Gasteiger charge is 2.44. The van der Waals surface area contributed by atoms with Gasteiger partial charge in [0.2, 0.25) is 0 Å². The molecule has 1 saturated heterocycles. The molecule has 0 saturated carbocycles. The number of H-pyrrole nitrogens is 1. The van der Waals surface area contributed by atoms with E-state index in [-0.39, 0.29) is 12.1 Å². The fraction of sp³-hybridized carbons (Fsp3) is 0.583. The lowest BCUT2D eigenvalue weighted by Crippen LogP contribution is -2.40. The predicted molar refractivity (Wildman–Crippen MR) is 69.0 cm³/mol. The summed E-state index contributed by atoms with van der Waals surface area (Å²) in [5.41, 5.74) is -1.91. The van der Waals surface area contributed by atoms with Gasteiger partial charge in [-0.25, -0.2) is 4.79 Å². The maximum atomic E-state index is 11.9. The number of nitrogens with one attached hydrogen (secondary N) is 1. The van der Waals surface area contributed by atoms with Crippen molar-refractivity contribution in [3.05, 3.63) is 32.6 Å². The molecular weight excluding hydrogens is 284 g/mol. The zero-order chi connectivity index (χ0) is 15.7. The van der Waals surface area contributed by atoms with Crippen LogP contribution >= 0.6 is 0 Å². The fourth-order valence-corrected chi connectivity index (χ4v) is 2.25. The van der Waals surface area contributed by atoms with Crippen molar-refractivity contribution >= 4 is 5.78 Å². The van der Waals surface area contributed by atoms with Gasteiger partial charge in [-0.3, -0.25) is 19.1 Å². The van der Waals surface area contributed by atoms with Gasteiger partial charge in [0.15, 0.2) is 12.0 Å². The van der Waals surface area contributed by atoms with Crippen LogP contribution in [0.15, 0.2) is 15.7 Å². The first-order valence-electron chi connectivity index (χ1n) is 6.42. The first-order chi connectivity index (χ1) is 9.90. The topological polar surface area (TPSA) is 142 Å². The largest absolute Gasteiger partial charge is 0.394 e. The van der Waals surface area contributed by atoms with Crippen molar-refractivity contribution in [3.63, 3.8) is 0 Å². The molecule has 4 N–H and O–H groups in total. The summed E-state index contributed by atoms with van der Waals surface area (Å²) in [6, 6.07) is 0.933. The molecule has 1 fully saturated rings. The minimum atomic E-state index is -1.52. The Labute approximate surface area is 118 Å². The van der Waals surface area contributed by atoms with Crippen molar-refractivity contribution in [3.8, 4) is 0 Å². The molecule has 0 bridgehead atoms. The molecule has 1 aromatic rings. The van der Waals surface area contributed by atoms with Crippen LogP contribution in [0.3, 0.4) is 0 Å². The van der Waals surface area contributed by atoms with Crippen LogP contribution in [0.25, 0.3) is 0 Å². The maximum Gasteiger partial charge on any atom is 0.331 e. The third kappa shape index (κ3) is 2.68. The minimum absolute atomic E-state index is 0.0394. The second-order valence-corrected chi connectivity index (χ2v) is 4.70. The molecule has 9 nitrogen and oxygen atoms in total. The Morgan fingerprint density at radius 2 is 2.05 bits per heavy atom. The number of nitrogens with zero attached hydrogens (tertiary/aromatic N) is 1. The number of ketones is 1. The van der Waals surface area contributed by atoms with E-state index in [1.807, 2.05) is 4.98 Å². The molecule has 4 atom stereocenters. The number of aromatic nitrogens is 2. The van der Waals surface area contributed by atoms with Crippen LogP contribution in [0.5, 0.6) is 0 Å². The van der Waals surface area contributed by atoms with Crippen LogP contribution in [0.1, 0.15) is 30.1 Å². The van der Waals surface area contributed by atoms with Crippen LogP contribution < -0.4 is 11.2 Å². The number of Topliss-reactive ketones (excluding diaryl/α,β-unsaturated/α-hetero) is 1. The number of hydrogen-bond acceptors (Lipinski definition) is 7. The van der Waals surface area contributed by atoms with E-state index in [0.717, 1.165) is 10.6 Å². The van der Waals surface area contributed by atoms with Gasteiger partial charge in [-0.15, -0.1) is 0 Å². The average Bonchev–Trinajstić information content (AvgIpc) is 2.73. The molecule has 0 spiro atoms. The van der Waals surface area contributed by atoms with Crippen molar-refractivity contribution in [2.75, 3.05) is 6.61 Å². The van der Waals surface area contributed by atoms with Gasteiger partial charge in [0.05, 0.1) is 12.3 Å². The van der Waals surface area contributed by atoms with Crippen LogP contribution in [0, 0.1) is 0 Å². The molecule has 0 unspecified atom stereocenters. The first-order valence-corrected chi connectivity index (χ1v) is 6.42. The van der Waals surface area contributed by atoms with Gasteiger partial charge in [-0.05, 0) is 0 Å². The van der Waals surface area contributed by atoms with E-state index in [4.69, 9.17) is 9.84 Å². The summed E-state index contributed by atoms with van der Waals surface area (Å²) in [5.74, 6) is -0.490. The molecule has 9 heteroatoms. The number of hydrogen-bond donors (Lipinski definition) is 4. The summed E-state index contributed by atoms with van der Waals surface area (Å²) in [5, 5.41) is 28.7. The number of ether oxygens (including phenoxy) is 1. The Hall–Kier alpha value is -1.81. The smallest absolute Gasteiger partial charge is 0.331 e. The Balaban J connectivity index is 2.56. The second kappa shape index (κ2) is 5.90. The van der Waals surface area contributed by atoms with Gasteiger partial charge in [-0.2, -0.15) is 0 Å². The molecule has 1 aliphatic rings. The molecule has 116 valence electrons. The highest BCUT2D eigenvalue weighted by molar-refractivity contribution is 5.94. The van der Waals surface area contributed by atoms with Crippen molar-refractivity contribution in [1.82, 2.24) is 9.55 Å². The van der Waals surface area contributed by atoms with E-state index in [0.29, 0.717) is 0 Å². The van der Waals surface area contributed by atoms with E-state index < -0.39 is 48.2 Å². The zero-order valence-electron chi connectivity index (χ0n) is 11.2. The Morgan fingerprint density at radius 3 is 2.57 bits per heavy atom. The number of aromatic amines is 1. The highest BCUT2D eigenvalue weighted by Crippen LogP contribution is 2.29. The maximum absolute atomic E-state index is 11.9. The minimum Gasteiger partial charge on any atom is -0.394 e. The van der Waals surface area contributed by atoms with Crippen molar-refractivity contribution < 1.29 is 24.9 Å². The van der Waals surface area contributed by atoms with Gasteiger partial charge in [0.1, 0.15) is 18.3 Å². The van der Waals surface area contributed by atoms with E-state index >= 15 is 0 Å². The summed E-state index contributed by atoms with van der Waals surface area (Å²) >= 11 is 0.